The van der Waals surface area contributed by atoms with Crippen LogP contribution in [0.4, 0.5) is 0 Å². The van der Waals surface area contributed by atoms with Gasteiger partial charge in [0.05, 0.1) is 6.10 Å². The molecule has 0 saturated heterocycles. The molecule has 24 heavy (non-hydrogen) atoms. The third-order valence-corrected chi connectivity index (χ3v) is 8.86. The number of aliphatic hydroxyl groups is 1. The fourth-order valence-corrected chi connectivity index (χ4v) is 7.87. The van der Waals surface area contributed by atoms with Crippen LogP contribution < -0.4 is 0 Å². The van der Waals surface area contributed by atoms with Gasteiger partial charge in [-0.15, -0.1) is 0 Å². The van der Waals surface area contributed by atoms with Gasteiger partial charge in [0.2, 0.25) is 0 Å². The van der Waals surface area contributed by atoms with Gasteiger partial charge < -0.3 is 5.11 Å². The van der Waals surface area contributed by atoms with Gasteiger partial charge >= 0.3 is 0 Å². The van der Waals surface area contributed by atoms with Crippen LogP contribution in [0, 0.1) is 40.4 Å². The van der Waals surface area contributed by atoms with Crippen molar-refractivity contribution in [3.63, 3.8) is 0 Å². The summed E-state index contributed by atoms with van der Waals surface area (Å²) in [5, 5.41) is 10.1. The van der Waals surface area contributed by atoms with Crippen molar-refractivity contribution in [2.45, 2.75) is 78.7 Å². The van der Waals surface area contributed by atoms with Gasteiger partial charge in [0, 0.05) is 5.92 Å². The summed E-state index contributed by atoms with van der Waals surface area (Å²) in [6.45, 7) is 9.04. The van der Waals surface area contributed by atoms with Gasteiger partial charge in [-0.1, -0.05) is 32.4 Å². The van der Waals surface area contributed by atoms with Gasteiger partial charge in [0.1, 0.15) is 5.78 Å². The monoisotopic (exact) mass is 330 g/mol. The van der Waals surface area contributed by atoms with Crippen molar-refractivity contribution in [3.05, 3.63) is 11.6 Å². The Morgan fingerprint density at radius 2 is 1.96 bits per heavy atom. The summed E-state index contributed by atoms with van der Waals surface area (Å²) in [4.78, 5) is 12.4. The van der Waals surface area contributed by atoms with Gasteiger partial charge in [-0.05, 0) is 86.4 Å². The SMILES string of the molecule is CC(=O)[C@H]1[C@H](C)C[C@@H]2[C@@H]3CC=C4C[C@@H](O)CC[C@]4(C)[C@@H]3CC[C@@]21C. The third-order valence-electron chi connectivity index (χ3n) is 8.86. The molecule has 0 heterocycles. The minimum Gasteiger partial charge on any atom is -0.393 e. The number of rotatable bonds is 1. The number of aliphatic hydroxyl groups excluding tert-OH is 1. The second-order valence-corrected chi connectivity index (χ2v) is 10.0. The van der Waals surface area contributed by atoms with Gasteiger partial charge in [0.15, 0.2) is 0 Å². The van der Waals surface area contributed by atoms with Crippen LogP contribution >= 0.6 is 0 Å². The molecule has 0 aromatic rings. The van der Waals surface area contributed by atoms with E-state index in [0.717, 1.165) is 31.1 Å². The lowest BCUT2D eigenvalue weighted by Crippen LogP contribution is -2.51. The average Bonchev–Trinajstić information content (AvgIpc) is 2.78. The normalized spacial score (nSPS) is 53.6. The highest BCUT2D eigenvalue weighted by molar-refractivity contribution is 5.80. The lowest BCUT2D eigenvalue weighted by molar-refractivity contribution is -0.128. The van der Waals surface area contributed by atoms with Crippen molar-refractivity contribution < 1.29 is 9.90 Å². The molecule has 0 aliphatic heterocycles. The van der Waals surface area contributed by atoms with Crippen LogP contribution in [0.25, 0.3) is 0 Å². The van der Waals surface area contributed by atoms with Crippen LogP contribution in [0.5, 0.6) is 0 Å². The van der Waals surface area contributed by atoms with E-state index >= 15 is 0 Å². The zero-order valence-corrected chi connectivity index (χ0v) is 15.8. The second kappa shape index (κ2) is 5.43. The Morgan fingerprint density at radius 1 is 1.21 bits per heavy atom. The fraction of sp³-hybridized carbons (Fsp3) is 0.864. The van der Waals surface area contributed by atoms with Gasteiger partial charge in [0.25, 0.3) is 0 Å². The Bertz CT molecular complexity index is 579. The van der Waals surface area contributed by atoms with Crippen LogP contribution in [-0.2, 0) is 4.79 Å². The summed E-state index contributed by atoms with van der Waals surface area (Å²) in [5.74, 6) is 3.46. The van der Waals surface area contributed by atoms with Gasteiger partial charge in [-0.3, -0.25) is 4.79 Å². The number of fused-ring (bicyclic) bond motifs is 5. The molecule has 1 N–H and O–H groups in total. The number of ketones is 1. The Kier molecular flexibility index (Phi) is 3.81. The van der Waals surface area contributed by atoms with Crippen molar-refractivity contribution in [2.75, 3.05) is 0 Å². The molecular formula is C22H34O2. The minimum absolute atomic E-state index is 0.122. The molecule has 0 aromatic heterocycles. The molecule has 134 valence electrons. The number of Topliss-reactive ketones (excluding diaryl/α,β-unsaturated/α-hetero) is 1. The molecule has 0 amide bonds. The predicted molar refractivity (Wildman–Crippen MR) is 96.4 cm³/mol. The first-order valence-electron chi connectivity index (χ1n) is 10.2. The van der Waals surface area contributed by atoms with Crippen LogP contribution in [-0.4, -0.2) is 17.0 Å². The second-order valence-electron chi connectivity index (χ2n) is 10.0. The average molecular weight is 331 g/mol. The van der Waals surface area contributed by atoms with E-state index < -0.39 is 0 Å². The van der Waals surface area contributed by atoms with Crippen molar-refractivity contribution >= 4 is 5.78 Å². The van der Waals surface area contributed by atoms with Crippen LogP contribution in [0.1, 0.15) is 72.6 Å². The maximum atomic E-state index is 12.4. The van der Waals surface area contributed by atoms with E-state index in [1.807, 2.05) is 6.92 Å². The van der Waals surface area contributed by atoms with Crippen LogP contribution in [0.2, 0.25) is 0 Å². The Hall–Kier alpha value is -0.630. The van der Waals surface area contributed by atoms with E-state index in [0.29, 0.717) is 23.0 Å². The molecule has 2 nitrogen and oxygen atoms in total. The molecular weight excluding hydrogens is 296 g/mol. The highest BCUT2D eigenvalue weighted by atomic mass is 16.3. The first-order valence-corrected chi connectivity index (χ1v) is 10.2. The molecule has 0 bridgehead atoms. The number of hydrogen-bond donors (Lipinski definition) is 1. The molecule has 0 aromatic carbocycles. The minimum atomic E-state index is -0.122. The van der Waals surface area contributed by atoms with Crippen molar-refractivity contribution in [2.24, 2.45) is 40.4 Å². The highest BCUT2D eigenvalue weighted by Gasteiger charge is 2.61. The zero-order valence-electron chi connectivity index (χ0n) is 15.8. The molecule has 3 fully saturated rings. The van der Waals surface area contributed by atoms with Gasteiger partial charge in [-0.25, -0.2) is 0 Å². The molecule has 2 heteroatoms. The molecule has 4 aliphatic carbocycles. The predicted octanol–water partition coefficient (Wildman–Crippen LogP) is 4.76. The first-order chi connectivity index (χ1) is 11.3. The summed E-state index contributed by atoms with van der Waals surface area (Å²) >= 11 is 0. The molecule has 4 aliphatic rings. The Labute approximate surface area is 147 Å². The topological polar surface area (TPSA) is 37.3 Å². The molecule has 8 atom stereocenters. The zero-order chi connectivity index (χ0) is 17.3. The summed E-state index contributed by atoms with van der Waals surface area (Å²) in [6, 6.07) is 0. The van der Waals surface area contributed by atoms with E-state index in [-0.39, 0.29) is 17.4 Å². The lowest BCUT2D eigenvalue weighted by atomic mass is 9.47. The third kappa shape index (κ3) is 2.14. The van der Waals surface area contributed by atoms with Crippen molar-refractivity contribution in [1.82, 2.24) is 0 Å². The van der Waals surface area contributed by atoms with Crippen molar-refractivity contribution in [1.29, 1.82) is 0 Å². The molecule has 4 rings (SSSR count). The maximum absolute atomic E-state index is 12.4. The quantitative estimate of drug-likeness (QED) is 0.704. The van der Waals surface area contributed by atoms with E-state index in [4.69, 9.17) is 0 Å². The van der Waals surface area contributed by atoms with E-state index in [2.05, 4.69) is 26.8 Å². The van der Waals surface area contributed by atoms with E-state index in [1.54, 1.807) is 5.57 Å². The summed E-state index contributed by atoms with van der Waals surface area (Å²) < 4.78 is 0. The van der Waals surface area contributed by atoms with Gasteiger partial charge in [-0.2, -0.15) is 0 Å². The summed E-state index contributed by atoms with van der Waals surface area (Å²) in [6.07, 6.45) is 10.3. The maximum Gasteiger partial charge on any atom is 0.133 e. The molecule has 0 radical (unpaired) electrons. The van der Waals surface area contributed by atoms with E-state index in [1.165, 1.54) is 25.7 Å². The van der Waals surface area contributed by atoms with Crippen LogP contribution in [0.15, 0.2) is 11.6 Å². The molecule has 0 unspecified atom stereocenters. The number of carbonyl (C=O) groups excluding carboxylic acids is 1. The summed E-state index contributed by atoms with van der Waals surface area (Å²) in [5.41, 5.74) is 2.07. The smallest absolute Gasteiger partial charge is 0.133 e. The van der Waals surface area contributed by atoms with E-state index in [9.17, 15) is 9.90 Å². The van der Waals surface area contributed by atoms with Crippen LogP contribution in [0.3, 0.4) is 0 Å². The molecule has 3 saturated carbocycles. The Balaban J connectivity index is 1.68. The Morgan fingerprint density at radius 3 is 2.67 bits per heavy atom. The fourth-order valence-electron chi connectivity index (χ4n) is 7.87. The van der Waals surface area contributed by atoms with Crippen molar-refractivity contribution in [3.8, 4) is 0 Å². The standard InChI is InChI=1S/C22H34O2/c1-13-11-19-17-6-5-15-12-16(24)7-9-21(15,3)18(17)8-10-22(19,4)20(13)14(2)23/h5,13,16-20,24H,6-12H2,1-4H3/t13-,16+,17-,18-,19-,20-,21+,22+/m1/s1. The largest absolute Gasteiger partial charge is 0.393 e. The number of carbonyl (C=O) groups is 1. The summed E-state index contributed by atoms with van der Waals surface area (Å²) in [7, 11) is 0. The number of allylic oxidation sites excluding steroid dienone is 1. The molecule has 0 spiro atoms. The lowest BCUT2D eigenvalue weighted by Gasteiger charge is -2.57. The first kappa shape index (κ1) is 16.8. The number of hydrogen-bond acceptors (Lipinski definition) is 2. The highest BCUT2D eigenvalue weighted by Crippen LogP contribution is 2.67.